The summed E-state index contributed by atoms with van der Waals surface area (Å²) in [6.07, 6.45) is 0. The standard InChI is InChI=1S/C29H33Cl2N3O5S/c1-20(28(36)32-29(2,3)4)33(18-21-11-12-22(30)17-26(21)31)27(35)19-34(23-13-15-24(39-5)16-14-23)40(37,38)25-9-7-6-8-10-25/h6-17,20H,18-19H2,1-5H3,(H,32,36)/t20-/m0/s1. The molecule has 0 aromatic heterocycles. The first-order valence-corrected chi connectivity index (χ1v) is 14.7. The molecule has 2 amide bonds. The smallest absolute Gasteiger partial charge is 0.264 e. The van der Waals surface area contributed by atoms with Crippen molar-refractivity contribution in [2.75, 3.05) is 18.0 Å². The van der Waals surface area contributed by atoms with E-state index in [2.05, 4.69) is 5.32 Å². The van der Waals surface area contributed by atoms with Crippen molar-refractivity contribution in [3.8, 4) is 5.75 Å². The van der Waals surface area contributed by atoms with Gasteiger partial charge in [-0.3, -0.25) is 13.9 Å². The predicted octanol–water partition coefficient (Wildman–Crippen LogP) is 5.53. The Balaban J connectivity index is 2.05. The van der Waals surface area contributed by atoms with Crippen molar-refractivity contribution in [3.63, 3.8) is 0 Å². The first-order chi connectivity index (χ1) is 18.7. The van der Waals surface area contributed by atoms with Crippen LogP contribution in [-0.4, -0.2) is 50.4 Å². The van der Waals surface area contributed by atoms with E-state index >= 15 is 0 Å². The van der Waals surface area contributed by atoms with Gasteiger partial charge in [-0.25, -0.2) is 8.42 Å². The number of nitrogens with one attached hydrogen (secondary N) is 1. The zero-order chi connectivity index (χ0) is 29.7. The summed E-state index contributed by atoms with van der Waals surface area (Å²) >= 11 is 12.5. The van der Waals surface area contributed by atoms with Crippen molar-refractivity contribution >= 4 is 50.7 Å². The van der Waals surface area contributed by atoms with Gasteiger partial charge in [-0.1, -0.05) is 47.5 Å². The number of rotatable bonds is 10. The maximum atomic E-state index is 14.0. The number of amides is 2. The number of hydrogen-bond donors (Lipinski definition) is 1. The molecule has 1 N–H and O–H groups in total. The second kappa shape index (κ2) is 12.9. The van der Waals surface area contributed by atoms with Crippen LogP contribution in [0.4, 0.5) is 5.69 Å². The zero-order valence-electron chi connectivity index (χ0n) is 23.0. The molecule has 11 heteroatoms. The highest BCUT2D eigenvalue weighted by molar-refractivity contribution is 7.92. The molecule has 0 aliphatic rings. The largest absolute Gasteiger partial charge is 0.497 e. The van der Waals surface area contributed by atoms with Crippen LogP contribution >= 0.6 is 23.2 Å². The molecule has 1 atom stereocenters. The summed E-state index contributed by atoms with van der Waals surface area (Å²) in [6, 6.07) is 18.1. The van der Waals surface area contributed by atoms with Crippen LogP contribution in [0.5, 0.6) is 5.75 Å². The van der Waals surface area contributed by atoms with Crippen LogP contribution in [0.1, 0.15) is 33.3 Å². The van der Waals surface area contributed by atoms with E-state index in [1.165, 1.54) is 24.1 Å². The molecular weight excluding hydrogens is 573 g/mol. The molecule has 214 valence electrons. The third-order valence-electron chi connectivity index (χ3n) is 5.99. The molecule has 0 bridgehead atoms. The van der Waals surface area contributed by atoms with Crippen LogP contribution in [0.15, 0.2) is 77.7 Å². The maximum Gasteiger partial charge on any atom is 0.264 e. The second-order valence-corrected chi connectivity index (χ2v) is 12.9. The first-order valence-electron chi connectivity index (χ1n) is 12.5. The van der Waals surface area contributed by atoms with Gasteiger partial charge >= 0.3 is 0 Å². The van der Waals surface area contributed by atoms with Gasteiger partial charge in [0.25, 0.3) is 10.0 Å². The Bertz CT molecular complexity index is 1440. The Kier molecular flexibility index (Phi) is 10.1. The van der Waals surface area contributed by atoms with E-state index in [-0.39, 0.29) is 17.1 Å². The lowest BCUT2D eigenvalue weighted by molar-refractivity contribution is -0.140. The van der Waals surface area contributed by atoms with Gasteiger partial charge in [0, 0.05) is 22.1 Å². The monoisotopic (exact) mass is 605 g/mol. The van der Waals surface area contributed by atoms with Crippen molar-refractivity contribution in [2.24, 2.45) is 0 Å². The average Bonchev–Trinajstić information content (AvgIpc) is 2.90. The minimum absolute atomic E-state index is 0.0180. The molecule has 0 fully saturated rings. The summed E-state index contributed by atoms with van der Waals surface area (Å²) in [7, 11) is -2.66. The fraction of sp³-hybridized carbons (Fsp3) is 0.310. The van der Waals surface area contributed by atoms with Gasteiger partial charge in [0.15, 0.2) is 0 Å². The van der Waals surface area contributed by atoms with E-state index in [4.69, 9.17) is 27.9 Å². The highest BCUT2D eigenvalue weighted by atomic mass is 35.5. The van der Waals surface area contributed by atoms with E-state index < -0.39 is 40.0 Å². The normalized spacial score (nSPS) is 12.4. The summed E-state index contributed by atoms with van der Waals surface area (Å²) in [5, 5.41) is 3.62. The Morgan fingerprint density at radius 3 is 2.15 bits per heavy atom. The quantitative estimate of drug-likeness (QED) is 0.328. The van der Waals surface area contributed by atoms with E-state index in [0.29, 0.717) is 21.4 Å². The van der Waals surface area contributed by atoms with E-state index in [1.807, 2.05) is 20.8 Å². The van der Waals surface area contributed by atoms with Crippen LogP contribution in [0.3, 0.4) is 0 Å². The number of ether oxygens (including phenoxy) is 1. The Morgan fingerprint density at radius 2 is 1.60 bits per heavy atom. The lowest BCUT2D eigenvalue weighted by Crippen LogP contribution is -2.54. The van der Waals surface area contributed by atoms with Crippen LogP contribution < -0.4 is 14.4 Å². The Hall–Kier alpha value is -3.27. The molecule has 0 radical (unpaired) electrons. The maximum absolute atomic E-state index is 14.0. The van der Waals surface area contributed by atoms with E-state index in [9.17, 15) is 18.0 Å². The van der Waals surface area contributed by atoms with Gasteiger partial charge in [-0.05, 0) is 81.8 Å². The van der Waals surface area contributed by atoms with Gasteiger partial charge in [0.2, 0.25) is 11.8 Å². The van der Waals surface area contributed by atoms with Crippen molar-refractivity contribution in [1.29, 1.82) is 0 Å². The van der Waals surface area contributed by atoms with Crippen LogP contribution in [-0.2, 0) is 26.2 Å². The third-order valence-corrected chi connectivity index (χ3v) is 8.37. The molecule has 8 nitrogen and oxygen atoms in total. The van der Waals surface area contributed by atoms with Gasteiger partial charge in [0.1, 0.15) is 18.3 Å². The van der Waals surface area contributed by atoms with Crippen LogP contribution in [0.25, 0.3) is 0 Å². The number of anilines is 1. The summed E-state index contributed by atoms with van der Waals surface area (Å²) in [5.74, 6) is -0.468. The number of hydrogen-bond acceptors (Lipinski definition) is 5. The molecule has 0 aliphatic heterocycles. The lowest BCUT2D eigenvalue weighted by Gasteiger charge is -2.33. The fourth-order valence-electron chi connectivity index (χ4n) is 3.89. The molecule has 0 saturated carbocycles. The summed E-state index contributed by atoms with van der Waals surface area (Å²) in [4.78, 5) is 28.5. The third kappa shape index (κ3) is 7.90. The van der Waals surface area contributed by atoms with Gasteiger partial charge in [-0.15, -0.1) is 0 Å². The summed E-state index contributed by atoms with van der Waals surface area (Å²) in [5.41, 5.74) is 0.259. The van der Waals surface area contributed by atoms with Crippen molar-refractivity contribution < 1.29 is 22.7 Å². The molecule has 0 spiro atoms. The number of carbonyl (C=O) groups excluding carboxylic acids is 2. The van der Waals surface area contributed by atoms with Crippen molar-refractivity contribution in [2.45, 2.75) is 50.7 Å². The number of methoxy groups -OCH3 is 1. The molecule has 0 unspecified atom stereocenters. The molecule has 40 heavy (non-hydrogen) atoms. The molecule has 0 heterocycles. The van der Waals surface area contributed by atoms with Gasteiger partial charge < -0.3 is 15.0 Å². The highest BCUT2D eigenvalue weighted by Gasteiger charge is 2.33. The second-order valence-electron chi connectivity index (χ2n) is 10.2. The highest BCUT2D eigenvalue weighted by Crippen LogP contribution is 2.27. The average molecular weight is 607 g/mol. The molecular formula is C29H33Cl2N3O5S. The summed E-state index contributed by atoms with van der Waals surface area (Å²) < 4.78 is 33.8. The number of halogens is 2. The van der Waals surface area contributed by atoms with Crippen molar-refractivity contribution in [3.05, 3.63) is 88.4 Å². The van der Waals surface area contributed by atoms with Gasteiger partial charge in [-0.2, -0.15) is 0 Å². The molecule has 3 aromatic rings. The number of carbonyl (C=O) groups is 2. The molecule has 3 rings (SSSR count). The van der Waals surface area contributed by atoms with E-state index in [0.717, 1.165) is 4.31 Å². The first kappa shape index (κ1) is 31.3. The SMILES string of the molecule is COc1ccc(N(CC(=O)N(Cc2ccc(Cl)cc2Cl)[C@@H](C)C(=O)NC(C)(C)C)S(=O)(=O)c2ccccc2)cc1. The minimum Gasteiger partial charge on any atom is -0.497 e. The molecule has 0 aliphatic carbocycles. The van der Waals surface area contributed by atoms with Crippen LogP contribution in [0, 0.1) is 0 Å². The van der Waals surface area contributed by atoms with Crippen molar-refractivity contribution in [1.82, 2.24) is 10.2 Å². The predicted molar refractivity (Wildman–Crippen MR) is 158 cm³/mol. The summed E-state index contributed by atoms with van der Waals surface area (Å²) in [6.45, 7) is 6.47. The zero-order valence-corrected chi connectivity index (χ0v) is 25.3. The number of nitrogens with zero attached hydrogens (tertiary/aromatic N) is 2. The van der Waals surface area contributed by atoms with Crippen LogP contribution in [0.2, 0.25) is 10.0 Å². The fourth-order valence-corrected chi connectivity index (χ4v) is 5.79. The molecule has 3 aromatic carbocycles. The molecule has 0 saturated heterocycles. The number of benzene rings is 3. The Labute approximate surface area is 245 Å². The number of sulfonamides is 1. The van der Waals surface area contributed by atoms with E-state index in [1.54, 1.807) is 67.6 Å². The van der Waals surface area contributed by atoms with Gasteiger partial charge in [0.05, 0.1) is 17.7 Å². The lowest BCUT2D eigenvalue weighted by atomic mass is 10.1. The minimum atomic E-state index is -4.16. The topological polar surface area (TPSA) is 96.0 Å². The Morgan fingerprint density at radius 1 is 0.975 bits per heavy atom.